The van der Waals surface area contributed by atoms with Crippen molar-refractivity contribution in [2.75, 3.05) is 12.3 Å². The van der Waals surface area contributed by atoms with Gasteiger partial charge >= 0.3 is 0 Å². The fourth-order valence-electron chi connectivity index (χ4n) is 2.22. The molecule has 7 nitrogen and oxygen atoms in total. The Hall–Kier alpha value is -2.74. The Balaban J connectivity index is 1.65. The third kappa shape index (κ3) is 3.28. The molecule has 1 aromatic carbocycles. The molecule has 1 amide bonds. The van der Waals surface area contributed by atoms with Crippen LogP contribution in [-0.4, -0.2) is 36.8 Å². The number of nitrogens with zero attached hydrogens (tertiary/aromatic N) is 2. The average molecular weight is 345 g/mol. The van der Waals surface area contributed by atoms with Crippen LogP contribution in [0.15, 0.2) is 52.0 Å². The SMILES string of the molecule is Cc1noc2ncc(C(=O)NCCS(=O)(=O)c3ccccc3)cc12. The van der Waals surface area contributed by atoms with E-state index in [9.17, 15) is 13.2 Å². The first kappa shape index (κ1) is 16.1. The Bertz CT molecular complexity index is 981. The van der Waals surface area contributed by atoms with E-state index in [2.05, 4.69) is 15.5 Å². The van der Waals surface area contributed by atoms with Gasteiger partial charge in [-0.05, 0) is 25.1 Å². The Morgan fingerprint density at radius 1 is 1.25 bits per heavy atom. The Morgan fingerprint density at radius 3 is 2.75 bits per heavy atom. The van der Waals surface area contributed by atoms with E-state index in [1.165, 1.54) is 18.3 Å². The van der Waals surface area contributed by atoms with Crippen molar-refractivity contribution in [3.63, 3.8) is 0 Å². The van der Waals surface area contributed by atoms with Crippen molar-refractivity contribution < 1.29 is 17.7 Å². The second kappa shape index (κ2) is 6.40. The number of fused-ring (bicyclic) bond motifs is 1. The molecule has 0 unspecified atom stereocenters. The molecule has 0 aliphatic carbocycles. The van der Waals surface area contributed by atoms with Crippen LogP contribution in [0.2, 0.25) is 0 Å². The predicted octanol–water partition coefficient (Wildman–Crippen LogP) is 1.73. The van der Waals surface area contributed by atoms with E-state index in [1.54, 1.807) is 31.2 Å². The number of benzene rings is 1. The van der Waals surface area contributed by atoms with E-state index in [4.69, 9.17) is 4.52 Å². The van der Waals surface area contributed by atoms with Gasteiger partial charge in [-0.15, -0.1) is 0 Å². The summed E-state index contributed by atoms with van der Waals surface area (Å²) in [6, 6.07) is 9.75. The zero-order valence-electron chi connectivity index (χ0n) is 12.9. The zero-order valence-corrected chi connectivity index (χ0v) is 13.7. The lowest BCUT2D eigenvalue weighted by Crippen LogP contribution is -2.29. The Labute approximate surface area is 138 Å². The number of rotatable bonds is 5. The van der Waals surface area contributed by atoms with E-state index in [0.29, 0.717) is 22.4 Å². The minimum Gasteiger partial charge on any atom is -0.351 e. The molecule has 3 rings (SSSR count). The normalized spacial score (nSPS) is 11.5. The Kier molecular flexibility index (Phi) is 4.30. The maximum Gasteiger partial charge on any atom is 0.257 e. The van der Waals surface area contributed by atoms with Crippen molar-refractivity contribution in [2.24, 2.45) is 0 Å². The minimum atomic E-state index is -3.43. The van der Waals surface area contributed by atoms with Crippen LogP contribution in [0.5, 0.6) is 0 Å². The standard InChI is InChI=1S/C16H15N3O4S/c1-11-14-9-12(10-18-16(14)23-19-11)15(20)17-7-8-24(21,22)13-5-3-2-4-6-13/h2-6,9-10H,7-8H2,1H3,(H,17,20). The number of aromatic nitrogens is 2. The van der Waals surface area contributed by atoms with Crippen LogP contribution in [-0.2, 0) is 9.84 Å². The lowest BCUT2D eigenvalue weighted by molar-refractivity contribution is 0.0956. The highest BCUT2D eigenvalue weighted by Crippen LogP contribution is 2.16. The third-order valence-electron chi connectivity index (χ3n) is 3.53. The number of aryl methyl sites for hydroxylation is 1. The van der Waals surface area contributed by atoms with E-state index in [0.717, 1.165) is 0 Å². The molecule has 0 aliphatic rings. The summed E-state index contributed by atoms with van der Waals surface area (Å²) in [5.74, 6) is -0.571. The van der Waals surface area contributed by atoms with Crippen molar-refractivity contribution in [3.05, 3.63) is 53.9 Å². The number of nitrogens with one attached hydrogen (secondary N) is 1. The van der Waals surface area contributed by atoms with Crippen LogP contribution in [0.1, 0.15) is 16.1 Å². The van der Waals surface area contributed by atoms with E-state index in [1.807, 2.05) is 0 Å². The summed E-state index contributed by atoms with van der Waals surface area (Å²) >= 11 is 0. The molecule has 0 spiro atoms. The number of hydrogen-bond donors (Lipinski definition) is 1. The van der Waals surface area contributed by atoms with Gasteiger partial charge in [-0.2, -0.15) is 0 Å². The van der Waals surface area contributed by atoms with E-state index >= 15 is 0 Å². The second-order valence-corrected chi connectivity index (χ2v) is 7.34. The molecule has 1 N–H and O–H groups in total. The van der Waals surface area contributed by atoms with Crippen LogP contribution in [0.25, 0.3) is 11.1 Å². The molecular weight excluding hydrogens is 330 g/mol. The first-order valence-corrected chi connectivity index (χ1v) is 8.90. The van der Waals surface area contributed by atoms with Crippen molar-refractivity contribution in [2.45, 2.75) is 11.8 Å². The van der Waals surface area contributed by atoms with Crippen molar-refractivity contribution in [3.8, 4) is 0 Å². The monoisotopic (exact) mass is 345 g/mol. The number of carbonyl (C=O) groups excluding carboxylic acids is 1. The van der Waals surface area contributed by atoms with Gasteiger partial charge < -0.3 is 9.84 Å². The quantitative estimate of drug-likeness (QED) is 0.755. The molecule has 0 fully saturated rings. The number of amides is 1. The van der Waals surface area contributed by atoms with Crippen LogP contribution in [0.3, 0.4) is 0 Å². The molecule has 2 aromatic heterocycles. The second-order valence-electron chi connectivity index (χ2n) is 5.23. The van der Waals surface area contributed by atoms with Crippen molar-refractivity contribution in [1.29, 1.82) is 0 Å². The van der Waals surface area contributed by atoms with Gasteiger partial charge in [0, 0.05) is 12.7 Å². The van der Waals surface area contributed by atoms with Crippen molar-refractivity contribution in [1.82, 2.24) is 15.5 Å². The maximum atomic E-state index is 12.2. The highest BCUT2D eigenvalue weighted by molar-refractivity contribution is 7.91. The fraction of sp³-hybridized carbons (Fsp3) is 0.188. The lowest BCUT2D eigenvalue weighted by atomic mass is 10.2. The van der Waals surface area contributed by atoms with E-state index < -0.39 is 15.7 Å². The predicted molar refractivity (Wildman–Crippen MR) is 87.4 cm³/mol. The molecule has 0 bridgehead atoms. The summed E-state index contributed by atoms with van der Waals surface area (Å²) in [6.07, 6.45) is 1.37. The van der Waals surface area contributed by atoms with Crippen molar-refractivity contribution >= 4 is 26.8 Å². The number of sulfone groups is 1. The van der Waals surface area contributed by atoms with Gasteiger partial charge in [0.05, 0.1) is 27.3 Å². The first-order chi connectivity index (χ1) is 11.5. The fourth-order valence-corrected chi connectivity index (χ4v) is 3.39. The van der Waals surface area contributed by atoms with Gasteiger partial charge in [0.1, 0.15) is 0 Å². The average Bonchev–Trinajstić information content (AvgIpc) is 2.96. The number of carbonyl (C=O) groups is 1. The van der Waals surface area contributed by atoms with Crippen LogP contribution in [0, 0.1) is 6.92 Å². The number of pyridine rings is 1. The first-order valence-electron chi connectivity index (χ1n) is 7.25. The third-order valence-corrected chi connectivity index (χ3v) is 5.26. The zero-order chi connectivity index (χ0) is 17.2. The molecule has 124 valence electrons. The number of hydrogen-bond acceptors (Lipinski definition) is 6. The molecule has 0 aliphatic heterocycles. The maximum absolute atomic E-state index is 12.2. The van der Waals surface area contributed by atoms with E-state index in [-0.39, 0.29) is 17.2 Å². The molecule has 24 heavy (non-hydrogen) atoms. The molecule has 0 atom stereocenters. The topological polar surface area (TPSA) is 102 Å². The van der Waals surface area contributed by atoms with Crippen LogP contribution >= 0.6 is 0 Å². The molecule has 8 heteroatoms. The van der Waals surface area contributed by atoms with Gasteiger partial charge in [-0.3, -0.25) is 4.79 Å². The highest BCUT2D eigenvalue weighted by Gasteiger charge is 2.15. The molecule has 3 aromatic rings. The van der Waals surface area contributed by atoms with Gasteiger partial charge in [0.2, 0.25) is 0 Å². The summed E-state index contributed by atoms with van der Waals surface area (Å²) in [7, 11) is -3.43. The summed E-state index contributed by atoms with van der Waals surface area (Å²) in [5, 5.41) is 7.02. The highest BCUT2D eigenvalue weighted by atomic mass is 32.2. The summed E-state index contributed by atoms with van der Waals surface area (Å²) in [5.41, 5.74) is 1.32. The summed E-state index contributed by atoms with van der Waals surface area (Å²) in [6.45, 7) is 1.76. The molecular formula is C16H15N3O4S. The molecule has 0 radical (unpaired) electrons. The van der Waals surface area contributed by atoms with Gasteiger partial charge in [0.25, 0.3) is 11.6 Å². The summed E-state index contributed by atoms with van der Waals surface area (Å²) < 4.78 is 29.3. The molecule has 2 heterocycles. The van der Waals surface area contributed by atoms with Crippen LogP contribution < -0.4 is 5.32 Å². The summed E-state index contributed by atoms with van der Waals surface area (Å²) in [4.78, 5) is 16.4. The van der Waals surface area contributed by atoms with Gasteiger partial charge in [-0.1, -0.05) is 23.4 Å². The minimum absolute atomic E-state index is 0.0106. The lowest BCUT2D eigenvalue weighted by Gasteiger charge is -2.06. The smallest absolute Gasteiger partial charge is 0.257 e. The van der Waals surface area contributed by atoms with Crippen LogP contribution in [0.4, 0.5) is 0 Å². The largest absolute Gasteiger partial charge is 0.351 e. The Morgan fingerprint density at radius 2 is 2.00 bits per heavy atom. The molecule has 0 saturated carbocycles. The van der Waals surface area contributed by atoms with Gasteiger partial charge in [0.15, 0.2) is 9.84 Å². The van der Waals surface area contributed by atoms with Gasteiger partial charge in [-0.25, -0.2) is 13.4 Å². The molecule has 0 saturated heterocycles.